The first-order chi connectivity index (χ1) is 65.7. The maximum atomic E-state index is 15.5. The van der Waals surface area contributed by atoms with E-state index in [0.717, 1.165) is 65.8 Å². The Morgan fingerprint density at radius 3 is 1.46 bits per heavy atom. The van der Waals surface area contributed by atoms with E-state index < -0.39 is 295 Å². The van der Waals surface area contributed by atoms with Crippen molar-refractivity contribution in [3.63, 3.8) is 0 Å². The number of nitrogens with one attached hydrogen (secondary N) is 7. The van der Waals surface area contributed by atoms with Gasteiger partial charge in [-0.05, 0) is 60.9 Å². The van der Waals surface area contributed by atoms with Gasteiger partial charge in [0.2, 0.25) is 112 Å². The number of amides is 20. The number of ether oxygens (including phenoxy) is 3. The number of fused-ring (bicyclic) bond motifs is 5. The van der Waals surface area contributed by atoms with Gasteiger partial charge in [-0.25, -0.2) is 14.2 Å². The molecule has 8 rings (SSSR count). The summed E-state index contributed by atoms with van der Waals surface area (Å²) in [6.45, 7) is -6.72. The molecule has 1 aliphatic carbocycles. The van der Waals surface area contributed by atoms with Crippen molar-refractivity contribution in [1.29, 1.82) is 0 Å². The smallest absolute Gasteiger partial charge is 0.343 e. The largest absolute Gasteiger partial charge is 0.458 e. The second-order valence-electron chi connectivity index (χ2n) is 34.7. The number of pyridine rings is 2. The molecule has 1 unspecified atom stereocenters. The fourth-order valence-corrected chi connectivity index (χ4v) is 15.1. The van der Waals surface area contributed by atoms with Gasteiger partial charge in [-0.1, -0.05) is 37.3 Å². The number of halogens is 1. The summed E-state index contributed by atoms with van der Waals surface area (Å²) in [4.78, 5) is 304. The summed E-state index contributed by atoms with van der Waals surface area (Å²) in [6, 6.07) is 7.81. The van der Waals surface area contributed by atoms with Crippen LogP contribution in [0.15, 0.2) is 47.3 Å². The molecule has 0 bridgehead atoms. The molecule has 0 spiro atoms. The van der Waals surface area contributed by atoms with Crippen LogP contribution in [-0.2, 0) is 146 Å². The highest BCUT2D eigenvalue weighted by atomic mass is 19.1. The van der Waals surface area contributed by atoms with Gasteiger partial charge in [0, 0.05) is 120 Å². The minimum absolute atomic E-state index is 0.00190. The molecule has 52 heteroatoms. The van der Waals surface area contributed by atoms with E-state index in [4.69, 9.17) is 30.7 Å². The Labute approximate surface area is 802 Å². The lowest BCUT2D eigenvalue weighted by Gasteiger charge is -2.31. The highest BCUT2D eigenvalue weighted by Gasteiger charge is 2.50. The van der Waals surface area contributed by atoms with Crippen LogP contribution in [-0.4, -0.2) is 440 Å². The third kappa shape index (κ3) is 28.8. The lowest BCUT2D eigenvalue weighted by Crippen LogP contribution is -2.52. The molecule has 1 saturated heterocycles. The number of nitrogens with zero attached hydrogens (tertiary/aromatic N) is 14. The molecular weight excluding hydrogens is 1850 g/mol. The average Bonchev–Trinajstić information content (AvgIpc) is 1.54. The number of nitrogens with two attached hydrogens (primary N) is 2. The minimum Gasteiger partial charge on any atom is -0.458 e. The Bertz CT molecular complexity index is 5550. The fourth-order valence-electron chi connectivity index (χ4n) is 15.1. The molecule has 5 heterocycles. The predicted molar refractivity (Wildman–Crippen MR) is 485 cm³/mol. The summed E-state index contributed by atoms with van der Waals surface area (Å²) in [5.74, 6) is -16.7. The van der Waals surface area contributed by atoms with E-state index in [0.29, 0.717) is 51.7 Å². The number of carbonyl (C=O) groups is 21. The van der Waals surface area contributed by atoms with Crippen LogP contribution in [0.4, 0.5) is 4.39 Å². The van der Waals surface area contributed by atoms with Crippen molar-refractivity contribution in [2.45, 2.75) is 114 Å². The molecule has 762 valence electrons. The standard InChI is InChI=1S/C88H120FN23O28/c1-15-88(137)52-26-58-78-50(31-112(58)85(134)51(52)44-139-87(88)136)77-55(23-21-49-47(2)53(89)27-56(98-78)76(49)77)96-64(118)45-138-46-95-62(116)29-94-83(133)57(25-48-19-17-16-18-20-48)97-63(117)30-92-61(115)28-93-82(132)54(90)22-24-60(114)99-84-80(131)79(130)81(140-84)86(135)111(14)43-75(129)110(13)42-74(128)109(12)41-73(127)108(11)40-72(126)107(10)39-71(125)106(9)38-70(124)105(8)37-69(123)104(7)36-68(122)103(6)35-67(121)102(5)34-66(120)101(4)33-65(119)100(3)32-59(91)113/h16-20,26-27,54-55,57,79-81,84,130-131,137H,15,21-25,28-46,90H2,1-14H3,(H2,91,113)(H,92,115)(H,93,132)(H,94,133)(H,95,116)(H,96,118)(H,97,117)(H,99,114)/t54-,55-,57-,79-,80+,81-,84?,88-/m0/s1. The molecule has 14 N–H and O–H groups in total. The van der Waals surface area contributed by atoms with E-state index in [1.807, 2.05) is 0 Å². The topological polar surface area (TPSA) is 657 Å². The monoisotopic (exact) mass is 1970 g/mol. The second kappa shape index (κ2) is 49.1. The van der Waals surface area contributed by atoms with Gasteiger partial charge in [0.25, 0.3) is 11.5 Å². The van der Waals surface area contributed by atoms with Crippen LogP contribution in [0.2, 0.25) is 0 Å². The number of carbonyl (C=O) groups excluding carboxylic acids is 21. The molecule has 4 aliphatic rings. The zero-order chi connectivity index (χ0) is 104. The van der Waals surface area contributed by atoms with Crippen LogP contribution in [0, 0.1) is 12.7 Å². The van der Waals surface area contributed by atoms with Gasteiger partial charge in [0.1, 0.15) is 44.0 Å². The quantitative estimate of drug-likeness (QED) is 0.00978. The van der Waals surface area contributed by atoms with Crippen LogP contribution < -0.4 is 54.2 Å². The maximum Gasteiger partial charge on any atom is 0.343 e. The van der Waals surface area contributed by atoms with Crippen molar-refractivity contribution < 1.29 is 135 Å². The SMILES string of the molecule is CC[C@@]1(O)C(=O)OCc2c1cc1n(c2=O)Cc2c-1nc1cc(F)c(C)c3c1c2[C@@H](NC(=O)COCNC(=O)CNC(=O)[C@H](Cc1ccccc1)NC(=O)CNC(=O)CNC(=O)[C@@H](N)CCC(=O)NC1O[C@H](C(=O)N(C)CC(=O)N(C)CC(=O)N(C)CC(=O)N(C)CC(=O)N(C)CC(=O)N(C)CC(=O)N(C)CC(=O)N(C)CC(=O)N(C)CC(=O)N(C)CC(=O)N(C)CC(=O)N(C)CC(N)=O)[C@@H](O)[C@H]1O)CC3. The predicted octanol–water partition coefficient (Wildman–Crippen LogP) is -10.5. The maximum absolute atomic E-state index is 15.5. The molecule has 2 aromatic heterocycles. The lowest BCUT2D eigenvalue weighted by atomic mass is 9.81. The molecule has 51 nitrogen and oxygen atoms in total. The summed E-state index contributed by atoms with van der Waals surface area (Å²) in [5, 5.41) is 50.8. The van der Waals surface area contributed by atoms with E-state index in [1.165, 1.54) is 94.2 Å². The molecule has 8 atom stereocenters. The first kappa shape index (κ1) is 111. The molecule has 0 saturated carbocycles. The normalized spacial score (nSPS) is 16.6. The second-order valence-corrected chi connectivity index (χ2v) is 34.7. The molecule has 2 aromatic carbocycles. The molecular formula is C88H120FN23O28. The van der Waals surface area contributed by atoms with E-state index in [1.54, 1.807) is 44.2 Å². The van der Waals surface area contributed by atoms with Crippen molar-refractivity contribution in [1.82, 2.24) is 106 Å². The zero-order valence-electron chi connectivity index (χ0n) is 80.1. The van der Waals surface area contributed by atoms with E-state index in [9.17, 15) is 121 Å². The Morgan fingerprint density at radius 1 is 0.550 bits per heavy atom. The summed E-state index contributed by atoms with van der Waals surface area (Å²) >= 11 is 0. The summed E-state index contributed by atoms with van der Waals surface area (Å²) in [5.41, 5.74) is 12.4. The van der Waals surface area contributed by atoms with Crippen molar-refractivity contribution in [2.75, 3.05) is 196 Å². The van der Waals surface area contributed by atoms with Gasteiger partial charge in [0.05, 0.1) is 139 Å². The number of cyclic esters (lactones) is 1. The first-order valence-electron chi connectivity index (χ1n) is 44.1. The number of hydrogen-bond donors (Lipinski definition) is 12. The molecule has 20 amide bonds. The van der Waals surface area contributed by atoms with Crippen LogP contribution >= 0.6 is 0 Å². The highest BCUT2D eigenvalue weighted by molar-refractivity contribution is 5.99. The average molecular weight is 1970 g/mol. The third-order valence-corrected chi connectivity index (χ3v) is 23.9. The summed E-state index contributed by atoms with van der Waals surface area (Å²) in [7, 11) is 15.1. The van der Waals surface area contributed by atoms with Gasteiger partial charge < -0.3 is 142 Å². The van der Waals surface area contributed by atoms with Crippen molar-refractivity contribution >= 4 is 135 Å². The van der Waals surface area contributed by atoms with Crippen LogP contribution in [0.25, 0.3) is 22.3 Å². The number of rotatable bonds is 46. The van der Waals surface area contributed by atoms with E-state index in [2.05, 4.69) is 37.2 Å². The number of aryl methyl sites for hydroxylation is 1. The van der Waals surface area contributed by atoms with Gasteiger partial charge in [-0.2, -0.15) is 0 Å². The Balaban J connectivity index is 0.679. The van der Waals surface area contributed by atoms with Crippen LogP contribution in [0.3, 0.4) is 0 Å². The number of primary amides is 1. The number of aliphatic hydroxyl groups is 3. The van der Waals surface area contributed by atoms with Crippen molar-refractivity contribution in [3.8, 4) is 11.4 Å². The molecule has 0 radical (unpaired) electrons. The number of benzene rings is 2. The van der Waals surface area contributed by atoms with Crippen molar-refractivity contribution in [2.24, 2.45) is 11.5 Å². The minimum atomic E-state index is -2.10. The van der Waals surface area contributed by atoms with E-state index in [-0.39, 0.29) is 61.3 Å². The first-order valence-corrected chi connectivity index (χ1v) is 44.1. The lowest BCUT2D eigenvalue weighted by molar-refractivity contribution is -0.172. The van der Waals surface area contributed by atoms with Gasteiger partial charge in [0.15, 0.2) is 17.9 Å². The molecule has 140 heavy (non-hydrogen) atoms. The number of aromatic nitrogens is 2. The van der Waals surface area contributed by atoms with E-state index >= 15 is 4.39 Å². The highest BCUT2D eigenvalue weighted by Crippen LogP contribution is 2.46. The van der Waals surface area contributed by atoms with Gasteiger partial charge >= 0.3 is 5.97 Å². The number of likely N-dealkylation sites (N-methyl/N-ethyl adjacent to an activating group) is 12. The van der Waals surface area contributed by atoms with Gasteiger partial charge in [-0.3, -0.25) is 101 Å². The fraction of sp³-hybridized carbons (Fsp3) is 0.534. The molecule has 3 aliphatic heterocycles. The van der Waals surface area contributed by atoms with Gasteiger partial charge in [-0.15, -0.1) is 0 Å². The summed E-state index contributed by atoms with van der Waals surface area (Å²) in [6.07, 6.45) is -7.81. The molecule has 1 fully saturated rings. The number of esters is 1. The third-order valence-electron chi connectivity index (χ3n) is 23.9. The van der Waals surface area contributed by atoms with Crippen LogP contribution in [0.5, 0.6) is 0 Å². The number of hydrogen-bond acceptors (Lipinski definition) is 30. The van der Waals surface area contributed by atoms with Crippen LogP contribution in [0.1, 0.15) is 77.6 Å². The van der Waals surface area contributed by atoms with Crippen molar-refractivity contribution in [3.05, 3.63) is 97.6 Å². The number of aliphatic hydroxyl groups excluding tert-OH is 2. The zero-order valence-corrected chi connectivity index (χ0v) is 80.1. The Kier molecular flexibility index (Phi) is 38.8. The molecule has 4 aromatic rings. The Hall–Kier alpha value is -14.6. The summed E-state index contributed by atoms with van der Waals surface area (Å²) < 4.78 is 33.2. The Morgan fingerprint density at radius 2 is 0.993 bits per heavy atom.